The molecule has 29 heavy (non-hydrogen) atoms. The van der Waals surface area contributed by atoms with Gasteiger partial charge >= 0.3 is 11.9 Å². The molecule has 1 aromatic carbocycles. The lowest BCUT2D eigenvalue weighted by Crippen LogP contribution is -2.59. The van der Waals surface area contributed by atoms with Crippen molar-refractivity contribution in [3.05, 3.63) is 35.9 Å². The maximum atomic E-state index is 11.9. The van der Waals surface area contributed by atoms with E-state index in [4.69, 9.17) is 19.3 Å². The van der Waals surface area contributed by atoms with Crippen LogP contribution in [0.25, 0.3) is 0 Å². The Hall–Kier alpha value is -2.08. The minimum absolute atomic E-state index is 0.0793. The van der Waals surface area contributed by atoms with Crippen LogP contribution in [0.5, 0.6) is 0 Å². The Morgan fingerprint density at radius 2 is 1.72 bits per heavy atom. The summed E-state index contributed by atoms with van der Waals surface area (Å²) in [5.41, 5.74) is -1.00. The second-order valence-electron chi connectivity index (χ2n) is 7.24. The lowest BCUT2D eigenvalue weighted by atomic mass is 9.98. The molecule has 1 fully saturated rings. The Bertz CT molecular complexity index is 677. The third kappa shape index (κ3) is 7.03. The summed E-state index contributed by atoms with van der Waals surface area (Å²) in [4.78, 5) is 22.6. The van der Waals surface area contributed by atoms with Gasteiger partial charge in [0.15, 0.2) is 6.29 Å². The van der Waals surface area contributed by atoms with Gasteiger partial charge in [0.05, 0.1) is 25.0 Å². The fraction of sp³-hybridized carbons (Fsp3) is 0.579. The van der Waals surface area contributed by atoms with E-state index in [0.29, 0.717) is 0 Å². The first kappa shape index (κ1) is 23.2. The Labute approximate surface area is 167 Å². The minimum Gasteiger partial charge on any atom is -0.481 e. The van der Waals surface area contributed by atoms with E-state index in [9.17, 15) is 30.0 Å². The van der Waals surface area contributed by atoms with Gasteiger partial charge in [-0.1, -0.05) is 30.3 Å². The van der Waals surface area contributed by atoms with Gasteiger partial charge in [-0.2, -0.15) is 0 Å². The molecule has 0 amide bonds. The molecule has 162 valence electrons. The molecular formula is C19H26O10. The van der Waals surface area contributed by atoms with Crippen LogP contribution in [-0.4, -0.2) is 80.4 Å². The van der Waals surface area contributed by atoms with Crippen LogP contribution in [0.4, 0.5) is 0 Å². The zero-order valence-corrected chi connectivity index (χ0v) is 15.9. The number of rotatable bonds is 9. The van der Waals surface area contributed by atoms with E-state index in [0.717, 1.165) is 5.56 Å². The number of aliphatic carboxylic acids is 1. The molecule has 6 atom stereocenters. The SMILES string of the molecule is CC(O)(CC(=O)O)CC(=O)OCC1OC(OCc2ccccc2)C(O)C(O)C1O. The number of aliphatic hydroxyl groups is 4. The number of benzene rings is 1. The fourth-order valence-electron chi connectivity index (χ4n) is 2.87. The van der Waals surface area contributed by atoms with Crippen LogP contribution in [0, 0.1) is 0 Å². The van der Waals surface area contributed by atoms with Crippen molar-refractivity contribution in [2.75, 3.05) is 6.61 Å². The van der Waals surface area contributed by atoms with Crippen molar-refractivity contribution in [3.63, 3.8) is 0 Å². The maximum absolute atomic E-state index is 11.9. The number of carbonyl (C=O) groups is 2. The van der Waals surface area contributed by atoms with Crippen molar-refractivity contribution in [2.45, 2.75) is 62.7 Å². The molecule has 1 saturated heterocycles. The van der Waals surface area contributed by atoms with Gasteiger partial charge in [0.1, 0.15) is 31.0 Å². The molecule has 10 heteroatoms. The Morgan fingerprint density at radius 1 is 1.07 bits per heavy atom. The number of hydrogen-bond donors (Lipinski definition) is 5. The number of carbonyl (C=O) groups excluding carboxylic acids is 1. The van der Waals surface area contributed by atoms with Crippen LogP contribution in [0.3, 0.4) is 0 Å². The summed E-state index contributed by atoms with van der Waals surface area (Å²) in [5.74, 6) is -2.18. The van der Waals surface area contributed by atoms with Gasteiger partial charge in [-0.25, -0.2) is 0 Å². The van der Waals surface area contributed by atoms with Gasteiger partial charge in [0.25, 0.3) is 0 Å². The first-order valence-electron chi connectivity index (χ1n) is 9.04. The summed E-state index contributed by atoms with van der Waals surface area (Å²) >= 11 is 0. The molecule has 0 spiro atoms. The molecule has 2 rings (SSSR count). The molecule has 0 aromatic heterocycles. The van der Waals surface area contributed by atoms with Gasteiger partial charge < -0.3 is 39.7 Å². The van der Waals surface area contributed by atoms with Gasteiger partial charge in [0, 0.05) is 0 Å². The van der Waals surface area contributed by atoms with E-state index in [1.807, 2.05) is 6.07 Å². The van der Waals surface area contributed by atoms with Crippen molar-refractivity contribution in [2.24, 2.45) is 0 Å². The number of esters is 1. The summed E-state index contributed by atoms with van der Waals surface area (Å²) in [6.45, 7) is 0.774. The van der Waals surface area contributed by atoms with Crippen LogP contribution in [-0.2, 0) is 30.4 Å². The Kier molecular flexibility index (Phi) is 8.08. The van der Waals surface area contributed by atoms with Gasteiger partial charge in [-0.05, 0) is 12.5 Å². The lowest BCUT2D eigenvalue weighted by Gasteiger charge is -2.40. The highest BCUT2D eigenvalue weighted by atomic mass is 16.7. The van der Waals surface area contributed by atoms with Crippen LogP contribution in [0.1, 0.15) is 25.3 Å². The third-order valence-corrected chi connectivity index (χ3v) is 4.39. The highest BCUT2D eigenvalue weighted by Crippen LogP contribution is 2.24. The number of ether oxygens (including phenoxy) is 3. The maximum Gasteiger partial charge on any atom is 0.308 e. The molecule has 1 aliphatic heterocycles. The highest BCUT2D eigenvalue weighted by Gasteiger charge is 2.45. The topological polar surface area (TPSA) is 163 Å². The molecule has 0 bridgehead atoms. The van der Waals surface area contributed by atoms with E-state index in [1.54, 1.807) is 24.3 Å². The Balaban J connectivity index is 1.90. The molecular weight excluding hydrogens is 388 g/mol. The predicted octanol–water partition coefficient (Wildman–Crippen LogP) is -0.830. The van der Waals surface area contributed by atoms with Gasteiger partial charge in [-0.15, -0.1) is 0 Å². The molecule has 0 saturated carbocycles. The van der Waals surface area contributed by atoms with E-state index >= 15 is 0 Å². The van der Waals surface area contributed by atoms with Gasteiger partial charge in [-0.3, -0.25) is 9.59 Å². The van der Waals surface area contributed by atoms with Crippen molar-refractivity contribution >= 4 is 11.9 Å². The predicted molar refractivity (Wildman–Crippen MR) is 96.4 cm³/mol. The molecule has 0 aliphatic carbocycles. The summed E-state index contributed by atoms with van der Waals surface area (Å²) in [7, 11) is 0. The van der Waals surface area contributed by atoms with E-state index in [2.05, 4.69) is 0 Å². The number of carboxylic acids is 1. The minimum atomic E-state index is -1.80. The number of carboxylic acid groups (broad SMARTS) is 1. The van der Waals surface area contributed by atoms with Crippen molar-refractivity contribution in [1.29, 1.82) is 0 Å². The summed E-state index contributed by atoms with van der Waals surface area (Å²) in [5, 5.41) is 48.8. The van der Waals surface area contributed by atoms with Crippen molar-refractivity contribution in [1.82, 2.24) is 0 Å². The highest BCUT2D eigenvalue weighted by molar-refractivity contribution is 5.73. The van der Waals surface area contributed by atoms with E-state index in [-0.39, 0.29) is 6.61 Å². The summed E-state index contributed by atoms with van der Waals surface area (Å²) in [6, 6.07) is 9.02. The summed E-state index contributed by atoms with van der Waals surface area (Å²) < 4.78 is 15.8. The van der Waals surface area contributed by atoms with Crippen LogP contribution in [0.15, 0.2) is 30.3 Å². The Morgan fingerprint density at radius 3 is 2.34 bits per heavy atom. The smallest absolute Gasteiger partial charge is 0.308 e. The normalized spacial score (nSPS) is 29.1. The molecule has 1 heterocycles. The standard InChI is InChI=1S/C19H26O10/c1-19(26,7-13(20)21)8-14(22)27-10-12-15(23)16(24)17(25)18(29-12)28-9-11-5-3-2-4-6-11/h2-6,12,15-18,23-26H,7-10H2,1H3,(H,20,21). The molecule has 1 aromatic rings. The van der Waals surface area contributed by atoms with Crippen molar-refractivity contribution in [3.8, 4) is 0 Å². The molecule has 1 aliphatic rings. The lowest BCUT2D eigenvalue weighted by molar-refractivity contribution is -0.304. The molecule has 0 radical (unpaired) electrons. The average Bonchev–Trinajstić information content (AvgIpc) is 2.64. The quantitative estimate of drug-likeness (QED) is 0.322. The van der Waals surface area contributed by atoms with Crippen molar-refractivity contribution < 1.29 is 49.3 Å². The van der Waals surface area contributed by atoms with E-state index < -0.39 is 67.7 Å². The number of aliphatic hydroxyl groups excluding tert-OH is 3. The monoisotopic (exact) mass is 414 g/mol. The second kappa shape index (κ2) is 10.1. The average molecular weight is 414 g/mol. The first-order chi connectivity index (χ1) is 13.6. The largest absolute Gasteiger partial charge is 0.481 e. The second-order valence-corrected chi connectivity index (χ2v) is 7.24. The third-order valence-electron chi connectivity index (χ3n) is 4.39. The molecule has 10 nitrogen and oxygen atoms in total. The fourth-order valence-corrected chi connectivity index (χ4v) is 2.87. The van der Waals surface area contributed by atoms with Gasteiger partial charge in [0.2, 0.25) is 0 Å². The first-order valence-corrected chi connectivity index (χ1v) is 9.04. The summed E-state index contributed by atoms with van der Waals surface area (Å²) in [6.07, 6.45) is -8.35. The van der Waals surface area contributed by atoms with Crippen LogP contribution in [0.2, 0.25) is 0 Å². The zero-order chi connectivity index (χ0) is 21.6. The molecule has 6 unspecified atom stereocenters. The van der Waals surface area contributed by atoms with E-state index in [1.165, 1.54) is 6.92 Å². The zero-order valence-electron chi connectivity index (χ0n) is 15.9. The van der Waals surface area contributed by atoms with Crippen LogP contribution >= 0.6 is 0 Å². The molecule has 5 N–H and O–H groups in total. The number of hydrogen-bond acceptors (Lipinski definition) is 9. The van der Waals surface area contributed by atoms with Crippen LogP contribution < -0.4 is 0 Å².